The van der Waals surface area contributed by atoms with Crippen molar-refractivity contribution >= 4 is 22.9 Å². The molecule has 1 N–H and O–H groups in total. The topological polar surface area (TPSA) is 73.6 Å². The maximum absolute atomic E-state index is 12.1. The van der Waals surface area contributed by atoms with Crippen molar-refractivity contribution in [2.24, 2.45) is 0 Å². The van der Waals surface area contributed by atoms with Crippen LogP contribution in [0, 0.1) is 0 Å². The van der Waals surface area contributed by atoms with E-state index < -0.39 is 0 Å². The van der Waals surface area contributed by atoms with E-state index >= 15 is 0 Å². The molecule has 2 aromatic heterocycles. The van der Waals surface area contributed by atoms with Crippen LogP contribution in [-0.4, -0.2) is 24.1 Å². The van der Waals surface area contributed by atoms with E-state index in [-0.39, 0.29) is 11.7 Å². The number of hydrogen-bond donors (Lipinski definition) is 1. The van der Waals surface area contributed by atoms with Crippen LogP contribution in [0.2, 0.25) is 0 Å². The van der Waals surface area contributed by atoms with Crippen molar-refractivity contribution in [3.8, 4) is 33.3 Å². The molecule has 2 aromatic carbocycles. The maximum atomic E-state index is 12.1. The average Bonchev–Trinajstić information content (AvgIpc) is 3.43. The molecule has 3 heterocycles. The summed E-state index contributed by atoms with van der Waals surface area (Å²) in [4.78, 5) is 16.9. The third kappa shape index (κ3) is 3.79. The number of amides is 1. The third-order valence-electron chi connectivity index (χ3n) is 4.68. The number of anilines is 1. The Labute approximate surface area is 177 Å². The Kier molecular flexibility index (Phi) is 4.94. The molecule has 0 spiro atoms. The smallest absolute Gasteiger partial charge is 0.291 e. The monoisotopic (exact) mass is 418 g/mol. The average molecular weight is 418 g/mol. The van der Waals surface area contributed by atoms with E-state index in [2.05, 4.69) is 5.32 Å². The molecule has 0 saturated heterocycles. The number of ether oxygens (including phenoxy) is 2. The maximum Gasteiger partial charge on any atom is 0.291 e. The van der Waals surface area contributed by atoms with Crippen LogP contribution >= 0.6 is 11.3 Å². The summed E-state index contributed by atoms with van der Waals surface area (Å²) in [6.07, 6.45) is 2.35. The molecule has 0 fully saturated rings. The number of benzene rings is 2. The van der Waals surface area contributed by atoms with Gasteiger partial charge in [0.15, 0.2) is 17.3 Å². The molecular weight excluding hydrogens is 400 g/mol. The molecule has 7 heteroatoms. The summed E-state index contributed by atoms with van der Waals surface area (Å²) < 4.78 is 16.6. The highest BCUT2D eigenvalue weighted by Crippen LogP contribution is 2.36. The molecule has 5 rings (SSSR count). The zero-order chi connectivity index (χ0) is 20.3. The Morgan fingerprint density at radius 1 is 0.967 bits per heavy atom. The van der Waals surface area contributed by atoms with E-state index in [1.54, 1.807) is 23.5 Å². The number of aromatic nitrogens is 1. The molecule has 0 aliphatic carbocycles. The van der Waals surface area contributed by atoms with Crippen molar-refractivity contribution in [1.82, 2.24) is 4.98 Å². The van der Waals surface area contributed by atoms with E-state index in [4.69, 9.17) is 18.9 Å². The van der Waals surface area contributed by atoms with Crippen LogP contribution in [0.4, 0.5) is 5.69 Å². The summed E-state index contributed by atoms with van der Waals surface area (Å²) in [6, 6.07) is 16.8. The van der Waals surface area contributed by atoms with Gasteiger partial charge < -0.3 is 19.2 Å². The highest BCUT2D eigenvalue weighted by molar-refractivity contribution is 7.13. The van der Waals surface area contributed by atoms with Crippen molar-refractivity contribution in [2.75, 3.05) is 18.5 Å². The summed E-state index contributed by atoms with van der Waals surface area (Å²) >= 11 is 1.57. The number of thiazole rings is 1. The first-order valence-electron chi connectivity index (χ1n) is 9.57. The van der Waals surface area contributed by atoms with E-state index in [1.165, 1.54) is 6.26 Å². The lowest BCUT2D eigenvalue weighted by atomic mass is 10.1. The quantitative estimate of drug-likeness (QED) is 0.475. The van der Waals surface area contributed by atoms with Gasteiger partial charge in [-0.25, -0.2) is 4.98 Å². The van der Waals surface area contributed by atoms with Crippen LogP contribution in [0.5, 0.6) is 11.5 Å². The van der Waals surface area contributed by atoms with Crippen molar-refractivity contribution in [3.05, 3.63) is 72.0 Å². The minimum atomic E-state index is -0.279. The summed E-state index contributed by atoms with van der Waals surface area (Å²) in [5, 5.41) is 5.75. The number of rotatable bonds is 4. The van der Waals surface area contributed by atoms with Crippen molar-refractivity contribution in [3.63, 3.8) is 0 Å². The highest BCUT2D eigenvalue weighted by atomic mass is 32.1. The lowest BCUT2D eigenvalue weighted by Gasteiger charge is -2.08. The van der Waals surface area contributed by atoms with E-state index in [0.717, 1.165) is 39.7 Å². The standard InChI is InChI=1S/C23H18N2O4S/c26-22(20-3-1-10-28-20)24-17-7-4-15(5-8-17)23-25-18(14-30-23)16-6-9-19-21(13-16)29-12-2-11-27-19/h1,3-10,13-14H,2,11-12H2,(H,24,26). The SMILES string of the molecule is O=C(Nc1ccc(-c2nc(-c3ccc4c(c3)OCCCO4)cs2)cc1)c1ccco1. The predicted molar refractivity (Wildman–Crippen MR) is 115 cm³/mol. The van der Waals surface area contributed by atoms with Gasteiger partial charge in [0.1, 0.15) is 5.01 Å². The zero-order valence-electron chi connectivity index (χ0n) is 16.0. The normalized spacial score (nSPS) is 12.9. The Morgan fingerprint density at radius 2 is 1.77 bits per heavy atom. The Bertz CT molecular complexity index is 1170. The summed E-state index contributed by atoms with van der Waals surface area (Å²) in [7, 11) is 0. The van der Waals surface area contributed by atoms with Crippen LogP contribution in [0.25, 0.3) is 21.8 Å². The molecule has 1 aliphatic rings. The molecule has 6 nitrogen and oxygen atoms in total. The summed E-state index contributed by atoms with van der Waals surface area (Å²) in [5.74, 6) is 1.53. The lowest BCUT2D eigenvalue weighted by Crippen LogP contribution is -2.10. The van der Waals surface area contributed by atoms with Gasteiger partial charge in [0, 0.05) is 28.6 Å². The first-order valence-corrected chi connectivity index (χ1v) is 10.4. The first-order chi connectivity index (χ1) is 14.8. The van der Waals surface area contributed by atoms with E-state index in [0.29, 0.717) is 18.9 Å². The van der Waals surface area contributed by atoms with Gasteiger partial charge in [-0.05, 0) is 54.6 Å². The van der Waals surface area contributed by atoms with Gasteiger partial charge in [-0.3, -0.25) is 4.79 Å². The molecule has 1 amide bonds. The van der Waals surface area contributed by atoms with Crippen molar-refractivity contribution in [2.45, 2.75) is 6.42 Å². The number of carbonyl (C=O) groups excluding carboxylic acids is 1. The first kappa shape index (κ1) is 18.4. The summed E-state index contributed by atoms with van der Waals surface area (Å²) in [5.41, 5.74) is 3.56. The van der Waals surface area contributed by atoms with Crippen LogP contribution < -0.4 is 14.8 Å². The molecule has 0 saturated carbocycles. The van der Waals surface area contributed by atoms with Gasteiger partial charge in [-0.2, -0.15) is 0 Å². The highest BCUT2D eigenvalue weighted by Gasteiger charge is 2.14. The molecule has 150 valence electrons. The minimum absolute atomic E-state index is 0.277. The van der Waals surface area contributed by atoms with Crippen LogP contribution in [0.3, 0.4) is 0 Å². The predicted octanol–water partition coefficient (Wildman–Crippen LogP) is 5.48. The fourth-order valence-electron chi connectivity index (χ4n) is 3.16. The van der Waals surface area contributed by atoms with Gasteiger partial charge in [0.2, 0.25) is 0 Å². The Morgan fingerprint density at radius 3 is 2.57 bits per heavy atom. The second kappa shape index (κ2) is 8.04. The second-order valence-electron chi connectivity index (χ2n) is 6.76. The van der Waals surface area contributed by atoms with Crippen molar-refractivity contribution < 1.29 is 18.7 Å². The van der Waals surface area contributed by atoms with Gasteiger partial charge in [0.05, 0.1) is 25.2 Å². The molecular formula is C23H18N2O4S. The molecule has 0 unspecified atom stereocenters. The van der Waals surface area contributed by atoms with Crippen LogP contribution in [-0.2, 0) is 0 Å². The van der Waals surface area contributed by atoms with Crippen LogP contribution in [0.1, 0.15) is 17.0 Å². The van der Waals surface area contributed by atoms with Gasteiger partial charge in [0.25, 0.3) is 5.91 Å². The molecule has 0 atom stereocenters. The molecule has 0 radical (unpaired) electrons. The Hall–Kier alpha value is -3.58. The van der Waals surface area contributed by atoms with Gasteiger partial charge >= 0.3 is 0 Å². The molecule has 1 aliphatic heterocycles. The largest absolute Gasteiger partial charge is 0.490 e. The molecule has 4 aromatic rings. The van der Waals surface area contributed by atoms with E-state index in [1.807, 2.05) is 47.8 Å². The molecule has 0 bridgehead atoms. The number of nitrogens with one attached hydrogen (secondary N) is 1. The number of nitrogens with zero attached hydrogens (tertiary/aromatic N) is 1. The van der Waals surface area contributed by atoms with Crippen LogP contribution in [0.15, 0.2) is 70.7 Å². The van der Waals surface area contributed by atoms with Gasteiger partial charge in [-0.1, -0.05) is 0 Å². The second-order valence-corrected chi connectivity index (χ2v) is 7.62. The fraction of sp³-hybridized carbons (Fsp3) is 0.130. The fourth-order valence-corrected chi connectivity index (χ4v) is 3.99. The number of furan rings is 1. The lowest BCUT2D eigenvalue weighted by molar-refractivity contribution is 0.0996. The number of hydrogen-bond acceptors (Lipinski definition) is 6. The number of carbonyl (C=O) groups is 1. The minimum Gasteiger partial charge on any atom is -0.490 e. The Balaban J connectivity index is 1.33. The van der Waals surface area contributed by atoms with Crippen molar-refractivity contribution in [1.29, 1.82) is 0 Å². The third-order valence-corrected chi connectivity index (χ3v) is 5.57. The van der Waals surface area contributed by atoms with E-state index in [9.17, 15) is 4.79 Å². The van der Waals surface area contributed by atoms with Gasteiger partial charge in [-0.15, -0.1) is 11.3 Å². The molecule has 30 heavy (non-hydrogen) atoms. The summed E-state index contributed by atoms with van der Waals surface area (Å²) in [6.45, 7) is 1.33. The zero-order valence-corrected chi connectivity index (χ0v) is 16.8. The number of fused-ring (bicyclic) bond motifs is 1.